The number of hydrogen-bond acceptors (Lipinski definition) is 3. The van der Waals surface area contributed by atoms with Crippen molar-refractivity contribution < 1.29 is 4.74 Å². The number of nitrogens with two attached hydrogens (primary N) is 1. The Balaban J connectivity index is 2.00. The summed E-state index contributed by atoms with van der Waals surface area (Å²) in [5.41, 5.74) is 7.72. The normalized spacial score (nSPS) is 22.9. The van der Waals surface area contributed by atoms with Gasteiger partial charge in [0.1, 0.15) is 5.75 Å². The van der Waals surface area contributed by atoms with E-state index in [1.165, 1.54) is 19.3 Å². The van der Waals surface area contributed by atoms with Crippen LogP contribution in [0.2, 0.25) is 0 Å². The van der Waals surface area contributed by atoms with Crippen molar-refractivity contribution in [2.75, 3.05) is 18.2 Å². The number of rotatable bonds is 5. The zero-order valence-electron chi connectivity index (χ0n) is 9.99. The number of nitrogen functional groups attached to an aromatic ring is 1. The first-order chi connectivity index (χ1) is 7.76. The van der Waals surface area contributed by atoms with Crippen LogP contribution in [-0.2, 0) is 0 Å². The molecule has 3 heteroatoms. The molecule has 0 aliphatic heterocycles. The maximum absolute atomic E-state index is 6.00. The van der Waals surface area contributed by atoms with E-state index >= 15 is 0 Å². The van der Waals surface area contributed by atoms with Crippen molar-refractivity contribution in [3.05, 3.63) is 18.2 Å². The van der Waals surface area contributed by atoms with Gasteiger partial charge in [-0.25, -0.2) is 0 Å². The second-order valence-corrected chi connectivity index (χ2v) is 4.46. The fourth-order valence-corrected chi connectivity index (χ4v) is 2.16. The quantitative estimate of drug-likeness (QED) is 0.750. The molecule has 1 aromatic rings. The fourth-order valence-electron chi connectivity index (χ4n) is 2.16. The van der Waals surface area contributed by atoms with E-state index in [1.807, 2.05) is 18.2 Å². The third-order valence-electron chi connectivity index (χ3n) is 3.21. The second-order valence-electron chi connectivity index (χ2n) is 4.46. The number of anilines is 2. The van der Waals surface area contributed by atoms with Gasteiger partial charge in [-0.3, -0.25) is 0 Å². The predicted molar refractivity (Wildman–Crippen MR) is 67.8 cm³/mol. The molecule has 0 aromatic heterocycles. The Bertz CT molecular complexity index is 365. The van der Waals surface area contributed by atoms with Gasteiger partial charge >= 0.3 is 0 Å². The van der Waals surface area contributed by atoms with Crippen LogP contribution in [0.3, 0.4) is 0 Å². The van der Waals surface area contributed by atoms with Crippen molar-refractivity contribution in [3.8, 4) is 5.75 Å². The fraction of sp³-hybridized carbons (Fsp3) is 0.538. The number of nitrogens with one attached hydrogen (secondary N) is 1. The van der Waals surface area contributed by atoms with Crippen molar-refractivity contribution in [3.63, 3.8) is 0 Å². The molecule has 0 heterocycles. The Morgan fingerprint density at radius 2 is 2.31 bits per heavy atom. The zero-order valence-corrected chi connectivity index (χ0v) is 9.99. The summed E-state index contributed by atoms with van der Waals surface area (Å²) in [6.45, 7) is 2.23. The van der Waals surface area contributed by atoms with Gasteiger partial charge < -0.3 is 15.8 Å². The molecule has 1 aliphatic carbocycles. The molecular weight excluding hydrogens is 200 g/mol. The number of methoxy groups -OCH3 is 1. The number of ether oxygens (including phenoxy) is 1. The molecule has 1 aromatic carbocycles. The van der Waals surface area contributed by atoms with E-state index in [0.29, 0.717) is 11.7 Å². The molecule has 16 heavy (non-hydrogen) atoms. The molecule has 1 fully saturated rings. The average Bonchev–Trinajstić information content (AvgIpc) is 3.00. The van der Waals surface area contributed by atoms with Crippen LogP contribution >= 0.6 is 0 Å². The Morgan fingerprint density at radius 1 is 1.50 bits per heavy atom. The van der Waals surface area contributed by atoms with Crippen molar-refractivity contribution >= 4 is 11.4 Å². The lowest BCUT2D eigenvalue weighted by atomic mass is 10.2. The Labute approximate surface area is 97.0 Å². The molecular formula is C13H20N2O. The van der Waals surface area contributed by atoms with Crippen LogP contribution in [0.4, 0.5) is 11.4 Å². The summed E-state index contributed by atoms with van der Waals surface area (Å²) in [6.07, 6.45) is 3.84. The van der Waals surface area contributed by atoms with Crippen LogP contribution in [0.5, 0.6) is 5.75 Å². The number of benzene rings is 1. The van der Waals surface area contributed by atoms with Gasteiger partial charge in [0, 0.05) is 6.04 Å². The smallest absolute Gasteiger partial charge is 0.143 e. The van der Waals surface area contributed by atoms with Crippen molar-refractivity contribution in [2.24, 2.45) is 5.92 Å². The largest absolute Gasteiger partial charge is 0.495 e. The summed E-state index contributed by atoms with van der Waals surface area (Å²) in [4.78, 5) is 0. The van der Waals surface area contributed by atoms with E-state index in [0.717, 1.165) is 17.4 Å². The molecule has 3 nitrogen and oxygen atoms in total. The number of hydrogen-bond donors (Lipinski definition) is 2. The minimum absolute atomic E-state index is 0.606. The maximum Gasteiger partial charge on any atom is 0.143 e. The third kappa shape index (κ3) is 2.23. The highest BCUT2D eigenvalue weighted by Gasteiger charge is 2.36. The van der Waals surface area contributed by atoms with Gasteiger partial charge in [-0.2, -0.15) is 0 Å². The highest BCUT2D eigenvalue weighted by molar-refractivity contribution is 5.73. The van der Waals surface area contributed by atoms with Crippen LogP contribution in [0.15, 0.2) is 18.2 Å². The molecule has 0 amide bonds. The summed E-state index contributed by atoms with van der Waals surface area (Å²) in [6, 6.07) is 6.47. The zero-order chi connectivity index (χ0) is 11.5. The molecule has 2 atom stereocenters. The molecule has 1 aliphatic rings. The predicted octanol–water partition coefficient (Wildman–Crippen LogP) is 2.88. The molecule has 0 radical (unpaired) electrons. The average molecular weight is 220 g/mol. The minimum atomic E-state index is 0.606. The lowest BCUT2D eigenvalue weighted by Crippen LogP contribution is -2.07. The molecule has 3 N–H and O–H groups in total. The van der Waals surface area contributed by atoms with Crippen LogP contribution in [0.1, 0.15) is 26.2 Å². The molecule has 88 valence electrons. The summed E-state index contributed by atoms with van der Waals surface area (Å²) in [5, 5.41) is 3.49. The first-order valence-electron chi connectivity index (χ1n) is 5.95. The minimum Gasteiger partial charge on any atom is -0.495 e. The molecule has 2 unspecified atom stereocenters. The monoisotopic (exact) mass is 220 g/mol. The summed E-state index contributed by atoms with van der Waals surface area (Å²) in [5.74, 6) is 1.58. The van der Waals surface area contributed by atoms with Gasteiger partial charge in [-0.15, -0.1) is 0 Å². The molecule has 0 bridgehead atoms. The van der Waals surface area contributed by atoms with Crippen molar-refractivity contribution in [2.45, 2.75) is 32.2 Å². The number of para-hydroxylation sites is 1. The first-order valence-corrected chi connectivity index (χ1v) is 5.95. The Morgan fingerprint density at radius 3 is 3.00 bits per heavy atom. The SMILES string of the molecule is CCCC1CC1Nc1cccc(OC)c1N. The van der Waals surface area contributed by atoms with E-state index in [4.69, 9.17) is 10.5 Å². The lowest BCUT2D eigenvalue weighted by molar-refractivity contribution is 0.417. The van der Waals surface area contributed by atoms with Gasteiger partial charge in [0.15, 0.2) is 0 Å². The van der Waals surface area contributed by atoms with Gasteiger partial charge in [0.2, 0.25) is 0 Å². The van der Waals surface area contributed by atoms with Crippen molar-refractivity contribution in [1.82, 2.24) is 0 Å². The summed E-state index contributed by atoms with van der Waals surface area (Å²) in [7, 11) is 1.65. The van der Waals surface area contributed by atoms with Gasteiger partial charge in [-0.05, 0) is 30.9 Å². The van der Waals surface area contributed by atoms with Crippen molar-refractivity contribution in [1.29, 1.82) is 0 Å². The summed E-state index contributed by atoms with van der Waals surface area (Å²) >= 11 is 0. The molecule has 0 spiro atoms. The van der Waals surface area contributed by atoms with Crippen LogP contribution < -0.4 is 15.8 Å². The third-order valence-corrected chi connectivity index (χ3v) is 3.21. The van der Waals surface area contributed by atoms with E-state index in [9.17, 15) is 0 Å². The lowest BCUT2D eigenvalue weighted by Gasteiger charge is -2.11. The van der Waals surface area contributed by atoms with Gasteiger partial charge in [0.05, 0.1) is 18.5 Å². The standard InChI is InChI=1S/C13H20N2O/c1-3-5-9-8-11(9)15-10-6-4-7-12(16-2)13(10)14/h4,6-7,9,11,15H,3,5,8,14H2,1-2H3. The molecule has 0 saturated heterocycles. The van der Waals surface area contributed by atoms with E-state index in [-0.39, 0.29) is 0 Å². The van der Waals surface area contributed by atoms with E-state index in [1.54, 1.807) is 7.11 Å². The van der Waals surface area contributed by atoms with E-state index in [2.05, 4.69) is 12.2 Å². The van der Waals surface area contributed by atoms with E-state index < -0.39 is 0 Å². The first kappa shape index (κ1) is 11.1. The van der Waals surface area contributed by atoms with Gasteiger partial charge in [0.25, 0.3) is 0 Å². The second kappa shape index (κ2) is 4.64. The van der Waals surface area contributed by atoms with Crippen LogP contribution in [0.25, 0.3) is 0 Å². The highest BCUT2D eigenvalue weighted by Crippen LogP contribution is 2.39. The Hall–Kier alpha value is -1.38. The summed E-state index contributed by atoms with van der Waals surface area (Å²) < 4.78 is 5.20. The topological polar surface area (TPSA) is 47.3 Å². The highest BCUT2D eigenvalue weighted by atomic mass is 16.5. The van der Waals surface area contributed by atoms with Crippen LogP contribution in [0, 0.1) is 5.92 Å². The van der Waals surface area contributed by atoms with Crippen LogP contribution in [-0.4, -0.2) is 13.2 Å². The molecule has 2 rings (SSSR count). The van der Waals surface area contributed by atoms with Gasteiger partial charge in [-0.1, -0.05) is 19.4 Å². The Kier molecular flexibility index (Phi) is 3.22. The maximum atomic E-state index is 6.00. The molecule has 1 saturated carbocycles.